The smallest absolute Gasteiger partial charge is 0.305 e. The first-order valence-electron chi connectivity index (χ1n) is 14.3. The highest BCUT2D eigenvalue weighted by atomic mass is 16.5. The van der Waals surface area contributed by atoms with E-state index in [1.165, 1.54) is 23.6 Å². The quantitative estimate of drug-likeness (QED) is 0.254. The molecule has 232 valence electrons. The Morgan fingerprint density at radius 1 is 1.09 bits per heavy atom. The molecule has 14 heteroatoms. The molecule has 3 N–H and O–H groups in total. The van der Waals surface area contributed by atoms with Crippen LogP contribution in [-0.2, 0) is 32.1 Å². The maximum atomic E-state index is 13.5. The van der Waals surface area contributed by atoms with Crippen molar-refractivity contribution in [3.05, 3.63) is 71.5 Å². The molecule has 1 aromatic heterocycles. The number of aliphatic carboxylic acids is 1. The molecule has 0 bridgehead atoms. The first-order chi connectivity index (χ1) is 21.2. The first-order valence-corrected chi connectivity index (χ1v) is 14.3. The lowest BCUT2D eigenvalue weighted by Gasteiger charge is -2.30. The minimum atomic E-state index is -1.39. The van der Waals surface area contributed by atoms with Gasteiger partial charge in [-0.15, -0.1) is 5.10 Å². The number of ketones is 1. The van der Waals surface area contributed by atoms with Crippen molar-refractivity contribution in [3.63, 3.8) is 0 Å². The van der Waals surface area contributed by atoms with Crippen LogP contribution in [0, 0.1) is 0 Å². The third-order valence-electron chi connectivity index (χ3n) is 7.41. The lowest BCUT2D eigenvalue weighted by Crippen LogP contribution is -2.56. The van der Waals surface area contributed by atoms with E-state index in [2.05, 4.69) is 26.2 Å². The number of tetrazole rings is 1. The van der Waals surface area contributed by atoms with Crippen LogP contribution in [0.4, 0.5) is 0 Å². The number of nitrogens with zero attached hydrogens (tertiary/aromatic N) is 5. The highest BCUT2D eigenvalue weighted by Crippen LogP contribution is 2.18. The van der Waals surface area contributed by atoms with Gasteiger partial charge in [0.15, 0.2) is 11.6 Å². The molecule has 1 aliphatic rings. The average Bonchev–Trinajstić information content (AvgIpc) is 3.36. The number of hydrogen-bond donors (Lipinski definition) is 3. The normalized spacial score (nSPS) is 16.4. The van der Waals surface area contributed by atoms with Crippen LogP contribution < -0.4 is 15.4 Å². The molecule has 44 heavy (non-hydrogen) atoms. The van der Waals surface area contributed by atoms with Crippen LogP contribution in [0.1, 0.15) is 54.4 Å². The molecule has 0 aliphatic carbocycles. The molecule has 3 unspecified atom stereocenters. The minimum absolute atomic E-state index is 0.254. The van der Waals surface area contributed by atoms with Crippen molar-refractivity contribution in [2.24, 2.45) is 0 Å². The number of carboxylic acids is 1. The summed E-state index contributed by atoms with van der Waals surface area (Å²) in [6, 6.07) is 12.6. The Morgan fingerprint density at radius 2 is 1.86 bits per heavy atom. The Kier molecular flexibility index (Phi) is 10.7. The molecule has 1 saturated heterocycles. The zero-order chi connectivity index (χ0) is 31.6. The van der Waals surface area contributed by atoms with Crippen molar-refractivity contribution in [1.82, 2.24) is 35.7 Å². The summed E-state index contributed by atoms with van der Waals surface area (Å²) in [5.74, 6) is -2.60. The molecule has 3 atom stereocenters. The number of benzene rings is 2. The third kappa shape index (κ3) is 8.24. The highest BCUT2D eigenvalue weighted by molar-refractivity contribution is 5.99. The molecule has 3 amide bonds. The van der Waals surface area contributed by atoms with Gasteiger partial charge in [0.2, 0.25) is 11.8 Å². The zero-order valence-corrected chi connectivity index (χ0v) is 24.5. The van der Waals surface area contributed by atoms with E-state index in [0.29, 0.717) is 42.8 Å². The van der Waals surface area contributed by atoms with Gasteiger partial charge in [-0.1, -0.05) is 36.4 Å². The van der Waals surface area contributed by atoms with E-state index >= 15 is 0 Å². The molecular weight excluding hydrogens is 570 g/mol. The molecule has 0 spiro atoms. The number of nitrogens with one attached hydrogen (secondary N) is 2. The molecule has 0 radical (unpaired) electrons. The summed E-state index contributed by atoms with van der Waals surface area (Å²) in [7, 11) is 1.49. The second-order valence-electron chi connectivity index (χ2n) is 10.5. The molecule has 2 heterocycles. The average molecular weight is 606 g/mol. The van der Waals surface area contributed by atoms with Gasteiger partial charge in [0.1, 0.15) is 24.4 Å². The Morgan fingerprint density at radius 3 is 2.59 bits per heavy atom. The van der Waals surface area contributed by atoms with E-state index in [1.807, 2.05) is 30.3 Å². The van der Waals surface area contributed by atoms with E-state index in [4.69, 9.17) is 4.74 Å². The number of likely N-dealkylation sites (tertiary alicyclic amines) is 1. The van der Waals surface area contributed by atoms with Crippen molar-refractivity contribution >= 4 is 29.5 Å². The van der Waals surface area contributed by atoms with E-state index in [9.17, 15) is 29.1 Å². The molecule has 1 aliphatic heterocycles. The number of carbonyl (C=O) groups excluding carboxylic acids is 4. The molecule has 14 nitrogen and oxygen atoms in total. The van der Waals surface area contributed by atoms with E-state index < -0.39 is 54.0 Å². The summed E-state index contributed by atoms with van der Waals surface area (Å²) < 4.78 is 6.44. The van der Waals surface area contributed by atoms with Crippen LogP contribution in [-0.4, -0.2) is 91.5 Å². The Hall–Kier alpha value is -5.14. The molecule has 0 saturated carbocycles. The number of Topliss-reactive ketones (excluding diaryl/α,β-unsaturated/α-hetero) is 1. The number of hydrogen-bond acceptors (Lipinski definition) is 9. The van der Waals surface area contributed by atoms with Crippen LogP contribution in [0.15, 0.2) is 54.6 Å². The maximum absolute atomic E-state index is 13.5. The van der Waals surface area contributed by atoms with Gasteiger partial charge in [0.25, 0.3) is 5.91 Å². The van der Waals surface area contributed by atoms with Crippen LogP contribution in [0.2, 0.25) is 0 Å². The van der Waals surface area contributed by atoms with Crippen molar-refractivity contribution in [3.8, 4) is 5.75 Å². The van der Waals surface area contributed by atoms with Gasteiger partial charge < -0.3 is 25.4 Å². The van der Waals surface area contributed by atoms with Gasteiger partial charge in [-0.05, 0) is 60.4 Å². The van der Waals surface area contributed by atoms with Gasteiger partial charge in [-0.25, -0.2) is 4.68 Å². The number of ether oxygens (including phenoxy) is 1. The van der Waals surface area contributed by atoms with E-state index in [0.717, 1.165) is 5.56 Å². The Balaban J connectivity index is 1.42. The summed E-state index contributed by atoms with van der Waals surface area (Å²) >= 11 is 0. The Labute approximate surface area is 253 Å². The largest absolute Gasteiger partial charge is 0.497 e. The van der Waals surface area contributed by atoms with Gasteiger partial charge >= 0.3 is 5.97 Å². The lowest BCUT2D eigenvalue weighted by atomic mass is 10.1. The summed E-state index contributed by atoms with van der Waals surface area (Å²) in [5.41, 5.74) is 1.24. The van der Waals surface area contributed by atoms with Crippen LogP contribution in [0.3, 0.4) is 0 Å². The van der Waals surface area contributed by atoms with E-state index in [-0.39, 0.29) is 13.1 Å². The topological polar surface area (TPSA) is 186 Å². The number of carboxylic acid groups (broad SMARTS) is 1. The maximum Gasteiger partial charge on any atom is 0.305 e. The summed E-state index contributed by atoms with van der Waals surface area (Å²) in [6.07, 6.45) is 1.30. The molecule has 2 aromatic carbocycles. The van der Waals surface area contributed by atoms with Crippen molar-refractivity contribution in [1.29, 1.82) is 0 Å². The summed E-state index contributed by atoms with van der Waals surface area (Å²) in [4.78, 5) is 65.9. The monoisotopic (exact) mass is 605 g/mol. The standard InChI is InChI=1S/C30H35N7O7/c1-19(36-14-7-6-13-23(30(36)43)31-29(42)21-11-8-12-22(16-21)44-2)28(41)32-24(17-27(39)40)25(38)18-37-26(33-34-35-37)15-20-9-4-3-5-10-20/h3-5,8-12,16,19,23-24H,6-7,13-15,17-18H2,1-2H3,(H,31,42)(H,32,41)(H,39,40). The first kappa shape index (κ1) is 31.8. The molecule has 4 rings (SSSR count). The van der Waals surface area contributed by atoms with Gasteiger partial charge in [0, 0.05) is 18.5 Å². The van der Waals surface area contributed by atoms with Crippen molar-refractivity contribution < 1.29 is 33.8 Å². The predicted molar refractivity (Wildman–Crippen MR) is 156 cm³/mol. The second kappa shape index (κ2) is 14.8. The van der Waals surface area contributed by atoms with Gasteiger partial charge in [-0.2, -0.15) is 0 Å². The lowest BCUT2D eigenvalue weighted by molar-refractivity contribution is -0.143. The summed E-state index contributed by atoms with van der Waals surface area (Å²) in [6.45, 7) is 1.40. The third-order valence-corrected chi connectivity index (χ3v) is 7.41. The molecule has 1 fully saturated rings. The fourth-order valence-corrected chi connectivity index (χ4v) is 4.95. The van der Waals surface area contributed by atoms with Gasteiger partial charge in [0.05, 0.1) is 19.6 Å². The number of methoxy groups -OCH3 is 1. The van der Waals surface area contributed by atoms with Crippen LogP contribution >= 0.6 is 0 Å². The number of rotatable bonds is 13. The number of aromatic nitrogens is 4. The minimum Gasteiger partial charge on any atom is -0.497 e. The SMILES string of the molecule is COc1cccc(C(=O)NC2CCCCN(C(C)C(=O)NC(CC(=O)O)C(=O)Cn3nnnc3Cc3ccccc3)C2=O)c1. The number of amides is 3. The van der Waals surface area contributed by atoms with Gasteiger partial charge in [-0.3, -0.25) is 24.0 Å². The molecular formula is C30H35N7O7. The number of carbonyl (C=O) groups is 5. The molecule has 3 aromatic rings. The Bertz CT molecular complexity index is 1490. The fraction of sp³-hybridized carbons (Fsp3) is 0.400. The second-order valence-corrected chi connectivity index (χ2v) is 10.5. The zero-order valence-electron chi connectivity index (χ0n) is 24.5. The van der Waals surface area contributed by atoms with Crippen LogP contribution in [0.25, 0.3) is 0 Å². The fourth-order valence-electron chi connectivity index (χ4n) is 4.95. The van der Waals surface area contributed by atoms with Crippen molar-refractivity contribution in [2.75, 3.05) is 13.7 Å². The predicted octanol–water partition coefficient (Wildman–Crippen LogP) is 1.00. The van der Waals surface area contributed by atoms with Crippen LogP contribution in [0.5, 0.6) is 5.75 Å². The van der Waals surface area contributed by atoms with E-state index in [1.54, 1.807) is 24.3 Å². The summed E-state index contributed by atoms with van der Waals surface area (Å²) in [5, 5.41) is 26.2. The highest BCUT2D eigenvalue weighted by Gasteiger charge is 2.35. The van der Waals surface area contributed by atoms with Crippen molar-refractivity contribution in [2.45, 2.75) is 63.7 Å².